The van der Waals surface area contributed by atoms with Crippen molar-refractivity contribution in [3.63, 3.8) is 0 Å². The number of nitrogens with two attached hydrogens (primary N) is 1. The molecule has 0 saturated carbocycles. The second kappa shape index (κ2) is 1.85. The van der Waals surface area contributed by atoms with Crippen LogP contribution in [0.2, 0.25) is 0 Å². The smallest absolute Gasteiger partial charge is 0.238 e. The number of hydrogen-bond acceptors (Lipinski definition) is 4. The molecule has 0 aliphatic rings. The monoisotopic (exact) mass is 150 g/mol. The zero-order valence-electron chi connectivity index (χ0n) is 5.60. The highest BCUT2D eigenvalue weighted by atomic mass is 16.3. The molecular weight excluding hydrogens is 144 g/mol. The quantitative estimate of drug-likeness (QED) is 0.555. The van der Waals surface area contributed by atoms with Crippen LogP contribution < -0.4 is 5.73 Å². The van der Waals surface area contributed by atoms with Crippen molar-refractivity contribution in [3.05, 3.63) is 18.3 Å². The topological polar surface area (TPSA) is 76.4 Å². The number of fused-ring (bicyclic) bond motifs is 1. The van der Waals surface area contributed by atoms with Gasteiger partial charge in [0.15, 0.2) is 0 Å². The highest BCUT2D eigenvalue weighted by Crippen LogP contribution is 2.12. The van der Waals surface area contributed by atoms with E-state index in [-0.39, 0.29) is 11.8 Å². The third kappa shape index (κ3) is 0.778. The Morgan fingerprint density at radius 1 is 1.45 bits per heavy atom. The molecule has 3 N–H and O–H groups in total. The van der Waals surface area contributed by atoms with Gasteiger partial charge in [-0.1, -0.05) is 0 Å². The SMILES string of the molecule is Nc1ncc2ccc(O)n2n1. The number of hydrogen-bond donors (Lipinski definition) is 2. The minimum atomic E-state index is 0.0640. The zero-order chi connectivity index (χ0) is 7.84. The Hall–Kier alpha value is -1.78. The Kier molecular flexibility index (Phi) is 1.00. The first-order chi connectivity index (χ1) is 5.27. The highest BCUT2D eigenvalue weighted by Gasteiger charge is 1.99. The van der Waals surface area contributed by atoms with Gasteiger partial charge in [0, 0.05) is 6.07 Å². The molecule has 0 aliphatic carbocycles. The minimum Gasteiger partial charge on any atom is -0.493 e. The van der Waals surface area contributed by atoms with Crippen LogP contribution >= 0.6 is 0 Å². The van der Waals surface area contributed by atoms with Crippen molar-refractivity contribution in [1.82, 2.24) is 14.6 Å². The van der Waals surface area contributed by atoms with E-state index < -0.39 is 0 Å². The Morgan fingerprint density at radius 2 is 2.27 bits per heavy atom. The van der Waals surface area contributed by atoms with Gasteiger partial charge in [-0.3, -0.25) is 0 Å². The summed E-state index contributed by atoms with van der Waals surface area (Å²) in [6.07, 6.45) is 1.54. The molecule has 0 spiro atoms. The maximum Gasteiger partial charge on any atom is 0.238 e. The summed E-state index contributed by atoms with van der Waals surface area (Å²) in [5.41, 5.74) is 6.02. The molecule has 2 heterocycles. The van der Waals surface area contributed by atoms with Gasteiger partial charge >= 0.3 is 0 Å². The van der Waals surface area contributed by atoms with Crippen molar-refractivity contribution in [1.29, 1.82) is 0 Å². The second-order valence-electron chi connectivity index (χ2n) is 2.14. The van der Waals surface area contributed by atoms with Gasteiger partial charge in [0.1, 0.15) is 0 Å². The van der Waals surface area contributed by atoms with E-state index >= 15 is 0 Å². The predicted molar refractivity (Wildman–Crippen MR) is 39.1 cm³/mol. The number of nitrogen functional groups attached to an aromatic ring is 1. The van der Waals surface area contributed by atoms with Gasteiger partial charge in [0.05, 0.1) is 11.7 Å². The fourth-order valence-electron chi connectivity index (χ4n) is 0.901. The second-order valence-corrected chi connectivity index (χ2v) is 2.14. The molecule has 5 nitrogen and oxygen atoms in total. The van der Waals surface area contributed by atoms with Crippen LogP contribution in [-0.2, 0) is 0 Å². The van der Waals surface area contributed by atoms with Crippen LogP contribution in [0.1, 0.15) is 0 Å². The van der Waals surface area contributed by atoms with Crippen molar-refractivity contribution in [3.8, 4) is 5.88 Å². The first-order valence-electron chi connectivity index (χ1n) is 3.06. The lowest BCUT2D eigenvalue weighted by atomic mass is 10.5. The Labute approximate surface area is 62.1 Å². The van der Waals surface area contributed by atoms with Crippen molar-refractivity contribution in [2.45, 2.75) is 0 Å². The largest absolute Gasteiger partial charge is 0.493 e. The molecule has 2 aromatic heterocycles. The fraction of sp³-hybridized carbons (Fsp3) is 0. The third-order valence-corrected chi connectivity index (χ3v) is 1.40. The first kappa shape index (κ1) is 5.96. The molecule has 0 aliphatic heterocycles. The van der Waals surface area contributed by atoms with Crippen molar-refractivity contribution in [2.75, 3.05) is 5.73 Å². The van der Waals surface area contributed by atoms with Crippen molar-refractivity contribution >= 4 is 11.5 Å². The lowest BCUT2D eigenvalue weighted by Crippen LogP contribution is -1.99. The number of aromatic hydroxyl groups is 1. The molecule has 5 heteroatoms. The molecule has 0 saturated heterocycles. The molecule has 0 aromatic carbocycles. The Bertz CT molecular complexity index is 394. The summed E-state index contributed by atoms with van der Waals surface area (Å²) in [5.74, 6) is 0.207. The summed E-state index contributed by atoms with van der Waals surface area (Å²) < 4.78 is 1.32. The molecule has 2 aromatic rings. The summed E-state index contributed by atoms with van der Waals surface area (Å²) in [6, 6.07) is 3.23. The van der Waals surface area contributed by atoms with E-state index in [0.29, 0.717) is 0 Å². The predicted octanol–water partition coefficient (Wildman–Crippen LogP) is 0.0171. The van der Waals surface area contributed by atoms with Crippen LogP contribution in [0.5, 0.6) is 5.88 Å². The minimum absolute atomic E-state index is 0.0640. The lowest BCUT2D eigenvalue weighted by molar-refractivity contribution is 0.439. The number of aromatic nitrogens is 3. The molecule has 0 unspecified atom stereocenters. The average molecular weight is 150 g/mol. The molecular formula is C6H6N4O. The van der Waals surface area contributed by atoms with E-state index in [2.05, 4.69) is 10.1 Å². The average Bonchev–Trinajstić information content (AvgIpc) is 2.33. The highest BCUT2D eigenvalue weighted by molar-refractivity contribution is 5.48. The van der Waals surface area contributed by atoms with Gasteiger partial charge in [0.2, 0.25) is 11.8 Å². The third-order valence-electron chi connectivity index (χ3n) is 1.40. The van der Waals surface area contributed by atoms with Crippen LogP contribution in [0, 0.1) is 0 Å². The van der Waals surface area contributed by atoms with Gasteiger partial charge in [-0.05, 0) is 6.07 Å². The summed E-state index contributed by atoms with van der Waals surface area (Å²) in [5, 5.41) is 12.9. The molecule has 0 amide bonds. The number of rotatable bonds is 0. The van der Waals surface area contributed by atoms with E-state index in [9.17, 15) is 0 Å². The molecule has 11 heavy (non-hydrogen) atoms. The summed E-state index contributed by atoms with van der Waals surface area (Å²) in [4.78, 5) is 3.76. The van der Waals surface area contributed by atoms with Crippen LogP contribution in [0.4, 0.5) is 5.95 Å². The number of nitrogens with zero attached hydrogens (tertiary/aromatic N) is 3. The zero-order valence-corrected chi connectivity index (χ0v) is 5.60. The summed E-state index contributed by atoms with van der Waals surface area (Å²) in [7, 11) is 0. The van der Waals surface area contributed by atoms with E-state index in [1.807, 2.05) is 0 Å². The molecule has 2 rings (SSSR count). The maximum atomic E-state index is 9.15. The number of anilines is 1. The molecule has 0 atom stereocenters. The maximum absolute atomic E-state index is 9.15. The van der Waals surface area contributed by atoms with E-state index in [1.165, 1.54) is 10.6 Å². The van der Waals surface area contributed by atoms with E-state index in [0.717, 1.165) is 5.52 Å². The molecule has 0 bridgehead atoms. The lowest BCUT2D eigenvalue weighted by Gasteiger charge is -1.94. The van der Waals surface area contributed by atoms with Crippen LogP contribution in [0.15, 0.2) is 18.3 Å². The standard InChI is InChI=1S/C6H6N4O/c7-6-8-3-4-1-2-5(11)10(4)9-6/h1-3,11H,(H2,7,9). The normalized spacial score (nSPS) is 10.5. The van der Waals surface area contributed by atoms with Crippen LogP contribution in [0.3, 0.4) is 0 Å². The van der Waals surface area contributed by atoms with E-state index in [1.54, 1.807) is 12.3 Å². The summed E-state index contributed by atoms with van der Waals surface area (Å²) in [6.45, 7) is 0. The fourth-order valence-corrected chi connectivity index (χ4v) is 0.901. The van der Waals surface area contributed by atoms with Gasteiger partial charge in [0.25, 0.3) is 0 Å². The van der Waals surface area contributed by atoms with Crippen molar-refractivity contribution < 1.29 is 5.11 Å². The Balaban J connectivity index is 2.87. The molecule has 0 radical (unpaired) electrons. The van der Waals surface area contributed by atoms with Gasteiger partial charge in [-0.2, -0.15) is 4.52 Å². The summed E-state index contributed by atoms with van der Waals surface area (Å²) >= 11 is 0. The molecule has 56 valence electrons. The van der Waals surface area contributed by atoms with Gasteiger partial charge < -0.3 is 10.8 Å². The Morgan fingerprint density at radius 3 is 3.09 bits per heavy atom. The van der Waals surface area contributed by atoms with Gasteiger partial charge in [-0.25, -0.2) is 4.98 Å². The van der Waals surface area contributed by atoms with Crippen LogP contribution in [0.25, 0.3) is 5.52 Å². The van der Waals surface area contributed by atoms with Crippen LogP contribution in [-0.4, -0.2) is 19.7 Å². The first-order valence-corrected chi connectivity index (χ1v) is 3.06. The van der Waals surface area contributed by atoms with Crippen molar-refractivity contribution in [2.24, 2.45) is 0 Å². The van der Waals surface area contributed by atoms with Gasteiger partial charge in [-0.15, -0.1) is 5.10 Å². The molecule has 0 fully saturated rings. The van der Waals surface area contributed by atoms with E-state index in [4.69, 9.17) is 10.8 Å².